The van der Waals surface area contributed by atoms with E-state index in [2.05, 4.69) is 17.2 Å². The Labute approximate surface area is 187 Å². The second-order valence-corrected chi connectivity index (χ2v) is 8.12. The molecule has 3 N–H and O–H groups in total. The molecule has 32 heavy (non-hydrogen) atoms. The molecule has 0 aliphatic carbocycles. The van der Waals surface area contributed by atoms with Gasteiger partial charge in [-0.3, -0.25) is 4.79 Å². The third kappa shape index (κ3) is 4.40. The van der Waals surface area contributed by atoms with E-state index in [1.807, 2.05) is 0 Å². The number of halogens is 5. The van der Waals surface area contributed by atoms with Gasteiger partial charge in [0.2, 0.25) is 0 Å². The first-order valence-corrected chi connectivity index (χ1v) is 9.89. The highest BCUT2D eigenvalue weighted by atomic mass is 35.5. The topological polar surface area (TPSA) is 70.6 Å². The molecule has 0 bridgehead atoms. The number of carbonyl (C=O) groups is 1. The number of amides is 1. The van der Waals surface area contributed by atoms with Crippen molar-refractivity contribution < 1.29 is 32.2 Å². The molecule has 0 aromatic heterocycles. The zero-order valence-corrected chi connectivity index (χ0v) is 18.0. The van der Waals surface area contributed by atoms with E-state index in [1.165, 1.54) is 32.2 Å². The Morgan fingerprint density at radius 1 is 1.34 bits per heavy atom. The molecule has 172 valence electrons. The van der Waals surface area contributed by atoms with Crippen LogP contribution in [0, 0.1) is 5.82 Å². The van der Waals surface area contributed by atoms with Crippen molar-refractivity contribution in [1.82, 2.24) is 5.32 Å². The summed E-state index contributed by atoms with van der Waals surface area (Å²) in [4.78, 5) is 12.0. The Morgan fingerprint density at radius 2 is 2.03 bits per heavy atom. The molecule has 10 heteroatoms. The molecule has 5 nitrogen and oxygen atoms in total. The van der Waals surface area contributed by atoms with Crippen molar-refractivity contribution in [3.8, 4) is 5.75 Å². The maximum atomic E-state index is 14.3. The molecule has 2 atom stereocenters. The Morgan fingerprint density at radius 3 is 2.62 bits per heavy atom. The van der Waals surface area contributed by atoms with E-state index in [1.54, 1.807) is 0 Å². The number of anilines is 1. The summed E-state index contributed by atoms with van der Waals surface area (Å²) in [5.41, 5.74) is -3.11. The quantitative estimate of drug-likeness (QED) is 0.385. The summed E-state index contributed by atoms with van der Waals surface area (Å²) < 4.78 is 62.3. The van der Waals surface area contributed by atoms with Crippen molar-refractivity contribution >= 4 is 23.2 Å². The van der Waals surface area contributed by atoms with Crippen molar-refractivity contribution in [2.24, 2.45) is 0 Å². The monoisotopic (exact) mass is 472 g/mol. The number of hydrogen-bond acceptors (Lipinski definition) is 4. The minimum absolute atomic E-state index is 0.00442. The molecule has 0 saturated heterocycles. The number of ether oxygens (including phenoxy) is 1. The first-order chi connectivity index (χ1) is 14.9. The summed E-state index contributed by atoms with van der Waals surface area (Å²) in [6.45, 7) is 4.87. The fraction of sp³-hybridized carbons (Fsp3) is 0.318. The predicted octanol–water partition coefficient (Wildman–Crippen LogP) is 5.14. The number of aliphatic hydroxyl groups is 1. The van der Waals surface area contributed by atoms with Gasteiger partial charge in [-0.15, -0.1) is 6.58 Å². The molecule has 0 saturated carbocycles. The van der Waals surface area contributed by atoms with Crippen LogP contribution in [0.15, 0.2) is 42.5 Å². The van der Waals surface area contributed by atoms with Crippen molar-refractivity contribution in [2.45, 2.75) is 37.7 Å². The average molecular weight is 473 g/mol. The number of nitrogens with one attached hydrogen (secondary N) is 2. The van der Waals surface area contributed by atoms with Crippen LogP contribution >= 0.6 is 11.6 Å². The van der Waals surface area contributed by atoms with Crippen LogP contribution in [-0.4, -0.2) is 29.9 Å². The minimum atomic E-state index is -5.11. The van der Waals surface area contributed by atoms with Crippen molar-refractivity contribution in [3.63, 3.8) is 0 Å². The smallest absolute Gasteiger partial charge is 0.419 e. The summed E-state index contributed by atoms with van der Waals surface area (Å²) in [6, 6.07) is 4.08. The van der Waals surface area contributed by atoms with Gasteiger partial charge in [0.25, 0.3) is 5.91 Å². The van der Waals surface area contributed by atoms with Crippen LogP contribution in [0.25, 0.3) is 0 Å². The lowest BCUT2D eigenvalue weighted by Gasteiger charge is -2.40. The normalized spacial score (nSPS) is 16.1. The molecule has 1 aliphatic heterocycles. The van der Waals surface area contributed by atoms with E-state index in [0.29, 0.717) is 0 Å². The Hall–Kier alpha value is -2.78. The predicted molar refractivity (Wildman–Crippen MR) is 112 cm³/mol. The van der Waals surface area contributed by atoms with Gasteiger partial charge in [-0.25, -0.2) is 4.39 Å². The molecule has 2 aromatic rings. The molecule has 0 spiro atoms. The SMILES string of the molecule is C=C(C)CC(O)(C(Nc1cc(F)cc2c1CNC2=O)c1ccc(Cl)cc1OC)C(F)(F)F. The summed E-state index contributed by atoms with van der Waals surface area (Å²) in [7, 11) is 1.25. The second-order valence-electron chi connectivity index (χ2n) is 7.68. The van der Waals surface area contributed by atoms with Crippen LogP contribution in [0.1, 0.15) is 40.9 Å². The molecule has 1 heterocycles. The first kappa shape index (κ1) is 23.9. The first-order valence-electron chi connectivity index (χ1n) is 9.51. The van der Waals surface area contributed by atoms with Crippen LogP contribution in [0.3, 0.4) is 0 Å². The van der Waals surface area contributed by atoms with Crippen molar-refractivity contribution in [3.05, 3.63) is 70.0 Å². The number of hydrogen-bond donors (Lipinski definition) is 3. The van der Waals surface area contributed by atoms with Gasteiger partial charge in [0.15, 0.2) is 5.60 Å². The maximum absolute atomic E-state index is 14.3. The van der Waals surface area contributed by atoms with Gasteiger partial charge in [0, 0.05) is 40.4 Å². The maximum Gasteiger partial charge on any atom is 0.419 e. The largest absolute Gasteiger partial charge is 0.496 e. The molecule has 1 aliphatic rings. The number of rotatable bonds is 7. The summed E-state index contributed by atoms with van der Waals surface area (Å²) >= 11 is 5.97. The van der Waals surface area contributed by atoms with Crippen LogP contribution in [0.5, 0.6) is 5.75 Å². The van der Waals surface area contributed by atoms with Crippen LogP contribution in [-0.2, 0) is 6.54 Å². The van der Waals surface area contributed by atoms with Crippen LogP contribution in [0.4, 0.5) is 23.2 Å². The van der Waals surface area contributed by atoms with Crippen molar-refractivity contribution in [1.29, 1.82) is 0 Å². The molecule has 1 amide bonds. The van der Waals surface area contributed by atoms with Gasteiger partial charge < -0.3 is 20.5 Å². The molecular weight excluding hydrogens is 452 g/mol. The fourth-order valence-electron chi connectivity index (χ4n) is 3.78. The number of alkyl halides is 3. The zero-order chi connectivity index (χ0) is 23.8. The number of carbonyl (C=O) groups excluding carboxylic acids is 1. The summed E-state index contributed by atoms with van der Waals surface area (Å²) in [5, 5.41) is 16.4. The molecule has 0 radical (unpaired) electrons. The lowest BCUT2D eigenvalue weighted by atomic mass is 9.82. The van der Waals surface area contributed by atoms with Gasteiger partial charge in [-0.05, 0) is 31.2 Å². The van der Waals surface area contributed by atoms with Gasteiger partial charge in [0.05, 0.1) is 13.2 Å². The fourth-order valence-corrected chi connectivity index (χ4v) is 3.94. The van der Waals surface area contributed by atoms with Crippen LogP contribution < -0.4 is 15.4 Å². The highest BCUT2D eigenvalue weighted by Gasteiger charge is 2.59. The minimum Gasteiger partial charge on any atom is -0.496 e. The molecule has 2 unspecified atom stereocenters. The van der Waals surface area contributed by atoms with E-state index in [9.17, 15) is 27.5 Å². The third-order valence-corrected chi connectivity index (χ3v) is 5.47. The van der Waals surface area contributed by atoms with E-state index in [4.69, 9.17) is 16.3 Å². The van der Waals surface area contributed by atoms with Gasteiger partial charge in [-0.1, -0.05) is 23.2 Å². The molecular formula is C22H21ClF4N2O3. The van der Waals surface area contributed by atoms with E-state index >= 15 is 0 Å². The summed E-state index contributed by atoms with van der Waals surface area (Å²) in [5.74, 6) is -1.38. The van der Waals surface area contributed by atoms with Gasteiger partial charge >= 0.3 is 6.18 Å². The lowest BCUT2D eigenvalue weighted by molar-refractivity contribution is -0.266. The van der Waals surface area contributed by atoms with E-state index in [-0.39, 0.29) is 45.3 Å². The standard InChI is InChI=1S/C22H21ClF4N2O3/c1-11(2)9-21(31,22(25,26)27)19(14-5-4-12(23)6-18(14)32-3)29-17-8-13(24)7-15-16(17)10-28-20(15)30/h4-8,19,29,31H,1,9-10H2,2-3H3,(H,28,30). The molecule has 3 rings (SSSR count). The van der Waals surface area contributed by atoms with E-state index in [0.717, 1.165) is 12.1 Å². The molecule has 0 fully saturated rings. The summed E-state index contributed by atoms with van der Waals surface area (Å²) in [6.07, 6.45) is -5.95. The van der Waals surface area contributed by atoms with Gasteiger partial charge in [-0.2, -0.15) is 13.2 Å². The average Bonchev–Trinajstić information content (AvgIpc) is 3.05. The number of methoxy groups -OCH3 is 1. The number of benzene rings is 2. The lowest BCUT2D eigenvalue weighted by Crippen LogP contribution is -2.53. The van der Waals surface area contributed by atoms with E-state index < -0.39 is 36.0 Å². The third-order valence-electron chi connectivity index (χ3n) is 5.23. The Balaban J connectivity index is 2.24. The zero-order valence-electron chi connectivity index (χ0n) is 17.2. The van der Waals surface area contributed by atoms with Crippen molar-refractivity contribution in [2.75, 3.05) is 12.4 Å². The molecule has 2 aromatic carbocycles. The second kappa shape index (κ2) is 8.63. The highest BCUT2D eigenvalue weighted by molar-refractivity contribution is 6.30. The highest BCUT2D eigenvalue weighted by Crippen LogP contribution is 2.48. The number of fused-ring (bicyclic) bond motifs is 1. The van der Waals surface area contributed by atoms with Crippen LogP contribution in [0.2, 0.25) is 5.02 Å². The van der Waals surface area contributed by atoms with Gasteiger partial charge in [0.1, 0.15) is 11.6 Å². The Bertz CT molecular complexity index is 1070. The Kier molecular flexibility index (Phi) is 6.44.